The van der Waals surface area contributed by atoms with Crippen molar-refractivity contribution in [3.63, 3.8) is 0 Å². The summed E-state index contributed by atoms with van der Waals surface area (Å²) in [6.07, 6.45) is 0.601. The summed E-state index contributed by atoms with van der Waals surface area (Å²) in [5.74, 6) is -3.89. The van der Waals surface area contributed by atoms with E-state index in [1.807, 2.05) is 0 Å². The second-order valence-electron chi connectivity index (χ2n) is 6.19. The molecule has 0 saturated carbocycles. The second kappa shape index (κ2) is 8.82. The molecule has 0 spiro atoms. The molecule has 2 aromatic carbocycles. The van der Waals surface area contributed by atoms with Gasteiger partial charge in [-0.3, -0.25) is 9.59 Å². The van der Waals surface area contributed by atoms with Gasteiger partial charge in [0.1, 0.15) is 11.6 Å². The molecule has 0 unspecified atom stereocenters. The zero-order chi connectivity index (χ0) is 20.1. The summed E-state index contributed by atoms with van der Waals surface area (Å²) in [7, 11) is -1.65. The molecule has 1 saturated heterocycles. The number of hydrogen-bond donors (Lipinski definition) is 0. The number of halogens is 3. The van der Waals surface area contributed by atoms with Crippen molar-refractivity contribution in [3.05, 3.63) is 59.4 Å². The Bertz CT molecular complexity index is 855. The molecule has 1 aliphatic heterocycles. The monoisotopic (exact) mass is 392 g/mol. The van der Waals surface area contributed by atoms with Crippen LogP contribution in [-0.2, 0) is 25.3 Å². The Morgan fingerprint density at radius 2 is 1.57 bits per heavy atom. The van der Waals surface area contributed by atoms with Crippen LogP contribution in [0.15, 0.2) is 36.4 Å². The molecule has 3 rings (SSSR count). The van der Waals surface area contributed by atoms with Gasteiger partial charge in [0, 0.05) is 25.3 Å². The van der Waals surface area contributed by atoms with E-state index in [4.69, 9.17) is 14.0 Å². The van der Waals surface area contributed by atoms with Crippen LogP contribution < -0.4 is 10.2 Å². The summed E-state index contributed by atoms with van der Waals surface area (Å²) in [6, 6.07) is 7.29. The lowest BCUT2D eigenvalue weighted by molar-refractivity contribution is -0.142. The van der Waals surface area contributed by atoms with Crippen LogP contribution in [0.3, 0.4) is 0 Å². The van der Waals surface area contributed by atoms with Crippen molar-refractivity contribution in [1.29, 1.82) is 0 Å². The molecule has 28 heavy (non-hydrogen) atoms. The zero-order valence-electron chi connectivity index (χ0n) is 14.8. The Labute approximate surface area is 159 Å². The Balaban J connectivity index is 1.69. The van der Waals surface area contributed by atoms with Gasteiger partial charge < -0.3 is 14.0 Å². The summed E-state index contributed by atoms with van der Waals surface area (Å²) in [5.41, 5.74) is 0.360. The lowest BCUT2D eigenvalue weighted by atomic mass is 9.77. The Kier molecular flexibility index (Phi) is 6.23. The van der Waals surface area contributed by atoms with E-state index in [0.29, 0.717) is 6.42 Å². The third kappa shape index (κ3) is 5.06. The maximum atomic E-state index is 14.4. The molecule has 146 valence electrons. The first-order valence-electron chi connectivity index (χ1n) is 8.67. The van der Waals surface area contributed by atoms with Gasteiger partial charge in [-0.1, -0.05) is 12.1 Å². The summed E-state index contributed by atoms with van der Waals surface area (Å²) in [5, 5.41) is 0. The normalized spacial score (nSPS) is 14.8. The SMILES string of the molecule is O=C1CCCC(=O)OB(c2cc(F)c(OCCc3ccc(F)cc3)cc2F)O1. The Hall–Kier alpha value is -2.97. The third-order valence-electron chi connectivity index (χ3n) is 4.11. The highest BCUT2D eigenvalue weighted by Crippen LogP contribution is 2.19. The van der Waals surface area contributed by atoms with E-state index in [9.17, 15) is 22.8 Å². The molecule has 0 aliphatic carbocycles. The maximum Gasteiger partial charge on any atom is 0.639 e. The molecule has 5 nitrogen and oxygen atoms in total. The van der Waals surface area contributed by atoms with Gasteiger partial charge in [0.15, 0.2) is 11.6 Å². The molecule has 9 heteroatoms. The average molecular weight is 392 g/mol. The molecule has 0 radical (unpaired) electrons. The van der Waals surface area contributed by atoms with E-state index in [0.717, 1.165) is 17.7 Å². The minimum Gasteiger partial charge on any atom is -0.495 e. The van der Waals surface area contributed by atoms with Crippen LogP contribution in [-0.4, -0.2) is 25.7 Å². The van der Waals surface area contributed by atoms with Gasteiger partial charge in [-0.25, -0.2) is 13.2 Å². The van der Waals surface area contributed by atoms with Gasteiger partial charge in [-0.15, -0.1) is 0 Å². The Morgan fingerprint density at radius 1 is 0.929 bits per heavy atom. The average Bonchev–Trinajstić information content (AvgIpc) is 2.64. The van der Waals surface area contributed by atoms with E-state index in [1.54, 1.807) is 12.1 Å². The predicted octanol–water partition coefficient (Wildman–Crippen LogP) is 2.69. The topological polar surface area (TPSA) is 61.8 Å². The molecule has 1 heterocycles. The van der Waals surface area contributed by atoms with Crippen molar-refractivity contribution in [3.8, 4) is 5.75 Å². The second-order valence-corrected chi connectivity index (χ2v) is 6.19. The fourth-order valence-corrected chi connectivity index (χ4v) is 2.65. The molecule has 0 N–H and O–H groups in total. The summed E-state index contributed by atoms with van der Waals surface area (Å²) >= 11 is 0. The number of ether oxygens (including phenoxy) is 1. The maximum absolute atomic E-state index is 14.4. The first-order chi connectivity index (χ1) is 13.4. The molecule has 0 bridgehead atoms. The van der Waals surface area contributed by atoms with Crippen molar-refractivity contribution in [2.24, 2.45) is 0 Å². The Morgan fingerprint density at radius 3 is 2.21 bits per heavy atom. The summed E-state index contributed by atoms with van der Waals surface area (Å²) in [4.78, 5) is 23.2. The van der Waals surface area contributed by atoms with Crippen LogP contribution in [0.5, 0.6) is 5.75 Å². The van der Waals surface area contributed by atoms with Gasteiger partial charge >= 0.3 is 7.12 Å². The third-order valence-corrected chi connectivity index (χ3v) is 4.11. The smallest absolute Gasteiger partial charge is 0.495 e. The van der Waals surface area contributed by atoms with Gasteiger partial charge in [0.05, 0.1) is 12.1 Å². The van der Waals surface area contributed by atoms with Gasteiger partial charge in [0.25, 0.3) is 11.9 Å². The lowest BCUT2D eigenvalue weighted by Gasteiger charge is -2.18. The first kappa shape index (κ1) is 19.8. The summed E-state index contributed by atoms with van der Waals surface area (Å²) < 4.78 is 56.7. The molecule has 1 aliphatic rings. The number of carbonyl (C=O) groups is 2. The minimum absolute atomic E-state index is 0.0136. The number of carbonyl (C=O) groups excluding carboxylic acids is 2. The van der Waals surface area contributed by atoms with E-state index in [1.165, 1.54) is 12.1 Å². The molecule has 0 amide bonds. The van der Waals surface area contributed by atoms with Crippen LogP contribution in [0.25, 0.3) is 0 Å². The fourth-order valence-electron chi connectivity index (χ4n) is 2.65. The molecule has 0 aromatic heterocycles. The largest absolute Gasteiger partial charge is 0.639 e. The van der Waals surface area contributed by atoms with Crippen molar-refractivity contribution in [2.45, 2.75) is 25.7 Å². The van der Waals surface area contributed by atoms with Gasteiger partial charge in [-0.05, 0) is 30.2 Å². The minimum atomic E-state index is -1.65. The number of rotatable bonds is 5. The predicted molar refractivity (Wildman–Crippen MR) is 93.4 cm³/mol. The van der Waals surface area contributed by atoms with Crippen LogP contribution in [0.2, 0.25) is 0 Å². The van der Waals surface area contributed by atoms with Crippen molar-refractivity contribution >= 4 is 24.5 Å². The highest BCUT2D eigenvalue weighted by atomic mass is 19.1. The molecule has 1 fully saturated rings. The standard InChI is InChI=1S/C19H16BF3O5/c21-13-6-4-12(5-7-13)8-9-26-17-11-15(22)14(10-16(17)23)20-27-18(24)2-1-3-19(25)28-20/h4-7,10-11H,1-3,8-9H2. The summed E-state index contributed by atoms with van der Waals surface area (Å²) in [6.45, 7) is 0.0364. The number of benzene rings is 2. The lowest BCUT2D eigenvalue weighted by Crippen LogP contribution is -2.43. The van der Waals surface area contributed by atoms with Crippen LogP contribution in [0, 0.1) is 17.5 Å². The van der Waals surface area contributed by atoms with E-state index in [-0.39, 0.29) is 37.4 Å². The van der Waals surface area contributed by atoms with Crippen LogP contribution in [0.4, 0.5) is 13.2 Å². The highest BCUT2D eigenvalue weighted by Gasteiger charge is 2.36. The first-order valence-corrected chi connectivity index (χ1v) is 8.67. The van der Waals surface area contributed by atoms with Gasteiger partial charge in [-0.2, -0.15) is 0 Å². The van der Waals surface area contributed by atoms with Crippen LogP contribution in [0.1, 0.15) is 24.8 Å². The van der Waals surface area contributed by atoms with E-state index < -0.39 is 36.2 Å². The molecular weight excluding hydrogens is 376 g/mol. The van der Waals surface area contributed by atoms with Crippen molar-refractivity contribution in [1.82, 2.24) is 0 Å². The molecular formula is C19H16BF3O5. The van der Waals surface area contributed by atoms with E-state index >= 15 is 0 Å². The van der Waals surface area contributed by atoms with Crippen molar-refractivity contribution in [2.75, 3.05) is 6.61 Å². The van der Waals surface area contributed by atoms with Crippen molar-refractivity contribution < 1.29 is 36.8 Å². The molecule has 2 aromatic rings. The fraction of sp³-hybridized carbons (Fsp3) is 0.263. The number of hydrogen-bond acceptors (Lipinski definition) is 5. The van der Waals surface area contributed by atoms with Crippen LogP contribution >= 0.6 is 0 Å². The van der Waals surface area contributed by atoms with E-state index in [2.05, 4.69) is 0 Å². The zero-order valence-corrected chi connectivity index (χ0v) is 14.8. The quantitative estimate of drug-likeness (QED) is 0.733. The highest BCUT2D eigenvalue weighted by molar-refractivity contribution is 6.64. The molecule has 0 atom stereocenters. The van der Waals surface area contributed by atoms with Gasteiger partial charge in [0.2, 0.25) is 0 Å².